The number of nitrogens with one attached hydrogen (secondary N) is 1. The van der Waals surface area contributed by atoms with Crippen LogP contribution in [0.3, 0.4) is 0 Å². The maximum Gasteiger partial charge on any atom is 0.146 e. The van der Waals surface area contributed by atoms with E-state index in [4.69, 9.17) is 5.26 Å². The lowest BCUT2D eigenvalue weighted by Crippen LogP contribution is -2.17. The van der Waals surface area contributed by atoms with Gasteiger partial charge in [0.15, 0.2) is 0 Å². The number of rotatable bonds is 5. The number of aryl methyl sites for hydroxylation is 1. The van der Waals surface area contributed by atoms with Crippen LogP contribution in [-0.2, 0) is 19.6 Å². The largest absolute Gasteiger partial charge is 0.317 e. The fraction of sp³-hybridized carbons (Fsp3) is 0.308. The summed E-state index contributed by atoms with van der Waals surface area (Å²) in [5, 5.41) is 19.7. The molecule has 0 aliphatic carbocycles. The maximum atomic E-state index is 13.5. The minimum atomic E-state index is -0.316. The van der Waals surface area contributed by atoms with Crippen molar-refractivity contribution in [1.29, 1.82) is 5.26 Å². The first-order chi connectivity index (χ1) is 9.24. The molecule has 0 bridgehead atoms. The third-order valence-corrected chi connectivity index (χ3v) is 2.81. The summed E-state index contributed by atoms with van der Waals surface area (Å²) in [6.07, 6.45) is 1.66. The minimum absolute atomic E-state index is 0.316. The molecule has 0 saturated carbocycles. The fourth-order valence-corrected chi connectivity index (χ4v) is 1.77. The molecule has 0 atom stereocenters. The number of benzene rings is 1. The second-order valence-electron chi connectivity index (χ2n) is 4.05. The molecule has 0 radical (unpaired) electrons. The van der Waals surface area contributed by atoms with Crippen LogP contribution in [0.1, 0.15) is 23.9 Å². The Bertz CT molecular complexity index is 599. The van der Waals surface area contributed by atoms with E-state index < -0.39 is 0 Å². The second kappa shape index (κ2) is 6.07. The van der Waals surface area contributed by atoms with Crippen LogP contribution >= 0.6 is 0 Å². The Morgan fingerprint density at radius 1 is 1.42 bits per heavy atom. The summed E-state index contributed by atoms with van der Waals surface area (Å²) in [6.45, 7) is 3.65. The highest BCUT2D eigenvalue weighted by Gasteiger charge is 2.05. The molecule has 0 fully saturated rings. The normalized spacial score (nSPS) is 10.4. The van der Waals surface area contributed by atoms with Crippen LogP contribution in [0.4, 0.5) is 4.39 Å². The van der Waals surface area contributed by atoms with Crippen LogP contribution in [0, 0.1) is 17.1 Å². The Labute approximate surface area is 110 Å². The monoisotopic (exact) mass is 259 g/mol. The Morgan fingerprint density at radius 2 is 2.26 bits per heavy atom. The van der Waals surface area contributed by atoms with E-state index in [2.05, 4.69) is 15.5 Å². The molecule has 98 valence electrons. The van der Waals surface area contributed by atoms with Crippen LogP contribution in [-0.4, -0.2) is 14.8 Å². The van der Waals surface area contributed by atoms with Crippen molar-refractivity contribution in [3.8, 4) is 6.07 Å². The van der Waals surface area contributed by atoms with E-state index in [-0.39, 0.29) is 5.82 Å². The van der Waals surface area contributed by atoms with Crippen molar-refractivity contribution in [3.63, 3.8) is 0 Å². The van der Waals surface area contributed by atoms with E-state index in [0.717, 1.165) is 12.4 Å². The molecule has 1 heterocycles. The predicted octanol–water partition coefficient (Wildman–Crippen LogP) is 1.60. The molecule has 0 amide bonds. The van der Waals surface area contributed by atoms with Crippen LogP contribution < -0.4 is 5.32 Å². The number of aromatic nitrogens is 3. The number of nitrogens with zero attached hydrogens (tertiary/aromatic N) is 4. The van der Waals surface area contributed by atoms with Gasteiger partial charge in [0.25, 0.3) is 0 Å². The number of halogens is 1. The smallest absolute Gasteiger partial charge is 0.146 e. The molecule has 2 rings (SSSR count). The number of hydrogen-bond donors (Lipinski definition) is 1. The van der Waals surface area contributed by atoms with Crippen molar-refractivity contribution in [1.82, 2.24) is 20.1 Å². The molecule has 1 aromatic heterocycles. The Hall–Kier alpha value is -2.26. The van der Waals surface area contributed by atoms with Gasteiger partial charge in [0.2, 0.25) is 0 Å². The zero-order chi connectivity index (χ0) is 13.7. The van der Waals surface area contributed by atoms with Crippen molar-refractivity contribution >= 4 is 0 Å². The van der Waals surface area contributed by atoms with Crippen molar-refractivity contribution in [2.75, 3.05) is 0 Å². The number of nitriles is 1. The quantitative estimate of drug-likeness (QED) is 0.885. The van der Waals surface area contributed by atoms with Gasteiger partial charge in [-0.15, -0.1) is 10.2 Å². The summed E-state index contributed by atoms with van der Waals surface area (Å²) < 4.78 is 15.4. The van der Waals surface area contributed by atoms with Crippen molar-refractivity contribution in [2.24, 2.45) is 0 Å². The van der Waals surface area contributed by atoms with Gasteiger partial charge in [-0.05, 0) is 25.1 Å². The Kier molecular flexibility index (Phi) is 4.21. The van der Waals surface area contributed by atoms with Gasteiger partial charge in [-0.1, -0.05) is 0 Å². The SMILES string of the molecule is CCn1cnnc1CNCc1cc(C#N)ccc1F. The average Bonchev–Trinajstić information content (AvgIpc) is 2.88. The van der Waals surface area contributed by atoms with E-state index >= 15 is 0 Å². The van der Waals surface area contributed by atoms with Gasteiger partial charge in [-0.25, -0.2) is 4.39 Å². The van der Waals surface area contributed by atoms with E-state index in [9.17, 15) is 4.39 Å². The van der Waals surface area contributed by atoms with Crippen molar-refractivity contribution in [2.45, 2.75) is 26.6 Å². The molecule has 0 aliphatic rings. The van der Waals surface area contributed by atoms with Crippen LogP contribution in [0.25, 0.3) is 0 Å². The van der Waals surface area contributed by atoms with Gasteiger partial charge in [0.05, 0.1) is 18.2 Å². The topological polar surface area (TPSA) is 66.5 Å². The highest BCUT2D eigenvalue weighted by Crippen LogP contribution is 2.10. The lowest BCUT2D eigenvalue weighted by atomic mass is 10.1. The van der Waals surface area contributed by atoms with Gasteiger partial charge in [-0.2, -0.15) is 5.26 Å². The first kappa shape index (κ1) is 13.2. The maximum absolute atomic E-state index is 13.5. The zero-order valence-electron chi connectivity index (χ0n) is 10.6. The first-order valence-corrected chi connectivity index (χ1v) is 6.00. The lowest BCUT2D eigenvalue weighted by Gasteiger charge is -2.07. The Morgan fingerprint density at radius 3 is 3.00 bits per heavy atom. The van der Waals surface area contributed by atoms with Gasteiger partial charge < -0.3 is 9.88 Å². The molecule has 1 N–H and O–H groups in total. The molecule has 19 heavy (non-hydrogen) atoms. The van der Waals surface area contributed by atoms with E-state index in [1.165, 1.54) is 12.1 Å². The van der Waals surface area contributed by atoms with Gasteiger partial charge >= 0.3 is 0 Å². The molecule has 0 saturated heterocycles. The lowest BCUT2D eigenvalue weighted by molar-refractivity contribution is 0.571. The molecular formula is C13H14FN5. The van der Waals surface area contributed by atoms with E-state index in [1.54, 1.807) is 12.4 Å². The molecule has 5 nitrogen and oxygen atoms in total. The molecule has 1 aromatic carbocycles. The van der Waals surface area contributed by atoms with Gasteiger partial charge in [0.1, 0.15) is 18.0 Å². The molecule has 0 spiro atoms. The van der Waals surface area contributed by atoms with Crippen LogP contribution in [0.15, 0.2) is 24.5 Å². The molecular weight excluding hydrogens is 245 g/mol. The first-order valence-electron chi connectivity index (χ1n) is 6.00. The van der Waals surface area contributed by atoms with Crippen LogP contribution in [0.2, 0.25) is 0 Å². The van der Waals surface area contributed by atoms with Gasteiger partial charge in [0, 0.05) is 18.7 Å². The van der Waals surface area contributed by atoms with Crippen LogP contribution in [0.5, 0.6) is 0 Å². The summed E-state index contributed by atoms with van der Waals surface area (Å²) in [6, 6.07) is 6.32. The van der Waals surface area contributed by atoms with Crippen molar-refractivity contribution in [3.05, 3.63) is 47.3 Å². The molecule has 6 heteroatoms. The minimum Gasteiger partial charge on any atom is -0.317 e. The highest BCUT2D eigenvalue weighted by molar-refractivity contribution is 5.33. The molecule has 0 aliphatic heterocycles. The summed E-state index contributed by atoms with van der Waals surface area (Å²) in [5.74, 6) is 0.489. The average molecular weight is 259 g/mol. The van der Waals surface area contributed by atoms with Crippen molar-refractivity contribution < 1.29 is 4.39 Å². The standard InChI is InChI=1S/C13H14FN5/c1-2-19-9-17-18-13(19)8-16-7-11-5-10(6-15)3-4-12(11)14/h3-5,9,16H,2,7-8H2,1H3. The fourth-order valence-electron chi connectivity index (χ4n) is 1.77. The Balaban J connectivity index is 1.98. The summed E-state index contributed by atoms with van der Waals surface area (Å²) in [7, 11) is 0. The third-order valence-electron chi connectivity index (χ3n) is 2.81. The van der Waals surface area contributed by atoms with E-state index in [0.29, 0.717) is 24.2 Å². The summed E-state index contributed by atoms with van der Waals surface area (Å²) >= 11 is 0. The summed E-state index contributed by atoms with van der Waals surface area (Å²) in [4.78, 5) is 0. The third kappa shape index (κ3) is 3.14. The molecule has 2 aromatic rings. The van der Waals surface area contributed by atoms with E-state index in [1.807, 2.05) is 17.6 Å². The second-order valence-corrected chi connectivity index (χ2v) is 4.05. The zero-order valence-corrected chi connectivity index (χ0v) is 10.6. The predicted molar refractivity (Wildman–Crippen MR) is 67.4 cm³/mol. The highest BCUT2D eigenvalue weighted by atomic mass is 19.1. The van der Waals surface area contributed by atoms with Gasteiger partial charge in [-0.3, -0.25) is 0 Å². The number of hydrogen-bond acceptors (Lipinski definition) is 4. The molecule has 0 unspecified atom stereocenters. The summed E-state index contributed by atoms with van der Waals surface area (Å²) in [5.41, 5.74) is 0.927.